The van der Waals surface area contributed by atoms with E-state index in [0.717, 1.165) is 31.7 Å². The summed E-state index contributed by atoms with van der Waals surface area (Å²) >= 11 is 0. The normalized spacial score (nSPS) is 24.1. The molecule has 3 nitrogen and oxygen atoms in total. The van der Waals surface area contributed by atoms with Gasteiger partial charge in [0.15, 0.2) is 0 Å². The molecule has 18 heavy (non-hydrogen) atoms. The third kappa shape index (κ3) is 3.28. The predicted molar refractivity (Wildman–Crippen MR) is 71.9 cm³/mol. The van der Waals surface area contributed by atoms with Gasteiger partial charge < -0.3 is 10.6 Å². The average molecular weight is 251 g/mol. The van der Waals surface area contributed by atoms with Gasteiger partial charge in [0.05, 0.1) is 0 Å². The molecule has 0 spiro atoms. The number of likely N-dealkylation sites (N-methyl/N-ethyl adjacent to an activating group) is 1. The topological polar surface area (TPSA) is 32.5 Å². The number of hydrogen-bond donors (Lipinski definition) is 1. The summed E-state index contributed by atoms with van der Waals surface area (Å²) in [6.07, 6.45) is 0. The van der Waals surface area contributed by atoms with Crippen molar-refractivity contribution < 1.29 is 4.39 Å². The first kappa shape index (κ1) is 13.5. The van der Waals surface area contributed by atoms with Crippen molar-refractivity contribution in [3.05, 3.63) is 35.6 Å². The highest BCUT2D eigenvalue weighted by Gasteiger charge is 2.23. The van der Waals surface area contributed by atoms with Crippen LogP contribution < -0.4 is 5.73 Å². The van der Waals surface area contributed by atoms with E-state index in [0.29, 0.717) is 6.04 Å². The van der Waals surface area contributed by atoms with E-state index in [1.54, 1.807) is 12.1 Å². The maximum Gasteiger partial charge on any atom is 0.123 e. The van der Waals surface area contributed by atoms with Crippen LogP contribution in [0.4, 0.5) is 4.39 Å². The molecule has 1 aliphatic heterocycles. The van der Waals surface area contributed by atoms with Crippen molar-refractivity contribution in [3.8, 4) is 0 Å². The number of rotatable bonds is 3. The van der Waals surface area contributed by atoms with Crippen LogP contribution in [-0.4, -0.2) is 49.1 Å². The zero-order valence-corrected chi connectivity index (χ0v) is 11.1. The Labute approximate surface area is 108 Å². The molecule has 1 aliphatic rings. The summed E-state index contributed by atoms with van der Waals surface area (Å²) in [5, 5.41) is 0. The van der Waals surface area contributed by atoms with Crippen LogP contribution in [0.5, 0.6) is 0 Å². The van der Waals surface area contributed by atoms with Gasteiger partial charge in [-0.1, -0.05) is 12.1 Å². The Morgan fingerprint density at radius 3 is 2.61 bits per heavy atom. The predicted octanol–water partition coefficient (Wildman–Crippen LogP) is 1.46. The number of hydrogen-bond acceptors (Lipinski definition) is 3. The van der Waals surface area contributed by atoms with Crippen LogP contribution in [0, 0.1) is 5.82 Å². The van der Waals surface area contributed by atoms with E-state index in [4.69, 9.17) is 5.73 Å². The van der Waals surface area contributed by atoms with Gasteiger partial charge in [-0.3, -0.25) is 4.90 Å². The third-order valence-corrected chi connectivity index (χ3v) is 3.70. The smallest absolute Gasteiger partial charge is 0.123 e. The monoisotopic (exact) mass is 251 g/mol. The summed E-state index contributed by atoms with van der Waals surface area (Å²) in [4.78, 5) is 4.75. The lowest BCUT2D eigenvalue weighted by Crippen LogP contribution is -2.52. The number of nitrogens with zero attached hydrogens (tertiary/aromatic N) is 2. The van der Waals surface area contributed by atoms with E-state index in [2.05, 4.69) is 23.8 Å². The highest BCUT2D eigenvalue weighted by atomic mass is 19.1. The van der Waals surface area contributed by atoms with Gasteiger partial charge in [-0.2, -0.15) is 0 Å². The standard InChI is InChI=1S/C14H22FN3/c1-11-9-17(2)7-8-18(11)10-14(16)12-3-5-13(15)6-4-12/h3-6,11,14H,7-10,16H2,1-2H3. The largest absolute Gasteiger partial charge is 0.323 e. The second kappa shape index (κ2) is 5.78. The minimum absolute atomic E-state index is 0.0449. The molecule has 0 amide bonds. The molecule has 0 radical (unpaired) electrons. The Balaban J connectivity index is 1.94. The molecule has 100 valence electrons. The van der Waals surface area contributed by atoms with E-state index < -0.39 is 0 Å². The van der Waals surface area contributed by atoms with Gasteiger partial charge in [0.25, 0.3) is 0 Å². The molecule has 2 rings (SSSR count). The van der Waals surface area contributed by atoms with E-state index in [1.807, 2.05) is 0 Å². The molecule has 0 bridgehead atoms. The molecule has 0 saturated carbocycles. The molecule has 2 N–H and O–H groups in total. The van der Waals surface area contributed by atoms with Crippen LogP contribution in [-0.2, 0) is 0 Å². The van der Waals surface area contributed by atoms with Gasteiger partial charge in [-0.25, -0.2) is 4.39 Å². The number of benzene rings is 1. The molecule has 4 heteroatoms. The number of halogens is 1. The van der Waals surface area contributed by atoms with E-state index in [1.165, 1.54) is 12.1 Å². The van der Waals surface area contributed by atoms with E-state index in [9.17, 15) is 4.39 Å². The Morgan fingerprint density at radius 2 is 2.00 bits per heavy atom. The van der Waals surface area contributed by atoms with Crippen molar-refractivity contribution in [2.24, 2.45) is 5.73 Å². The summed E-state index contributed by atoms with van der Waals surface area (Å²) < 4.78 is 12.9. The third-order valence-electron chi connectivity index (χ3n) is 3.70. The summed E-state index contributed by atoms with van der Waals surface area (Å²) in [6.45, 7) is 6.27. The van der Waals surface area contributed by atoms with Gasteiger partial charge in [-0.15, -0.1) is 0 Å². The molecular formula is C14H22FN3. The van der Waals surface area contributed by atoms with Crippen molar-refractivity contribution in [2.45, 2.75) is 19.0 Å². The molecule has 2 unspecified atom stereocenters. The summed E-state index contributed by atoms with van der Waals surface area (Å²) in [5.74, 6) is -0.209. The zero-order chi connectivity index (χ0) is 13.1. The van der Waals surface area contributed by atoms with Gasteiger partial charge in [-0.05, 0) is 31.7 Å². The van der Waals surface area contributed by atoms with Crippen LogP contribution in [0.1, 0.15) is 18.5 Å². The quantitative estimate of drug-likeness (QED) is 0.883. The Kier molecular flexibility index (Phi) is 4.32. The fourth-order valence-electron chi connectivity index (χ4n) is 2.52. The van der Waals surface area contributed by atoms with Crippen LogP contribution >= 0.6 is 0 Å². The zero-order valence-electron chi connectivity index (χ0n) is 11.1. The molecule has 1 saturated heterocycles. The minimum atomic E-state index is -0.209. The maximum atomic E-state index is 12.9. The average Bonchev–Trinajstić information content (AvgIpc) is 2.33. The molecule has 1 aromatic carbocycles. The van der Waals surface area contributed by atoms with E-state index in [-0.39, 0.29) is 11.9 Å². The molecular weight excluding hydrogens is 229 g/mol. The number of nitrogens with two attached hydrogens (primary N) is 1. The Bertz CT molecular complexity index is 379. The van der Waals surface area contributed by atoms with Gasteiger partial charge in [0, 0.05) is 38.3 Å². The lowest BCUT2D eigenvalue weighted by Gasteiger charge is -2.39. The summed E-state index contributed by atoms with van der Waals surface area (Å²) in [6, 6.07) is 6.99. The molecule has 1 aromatic rings. The number of piperazine rings is 1. The van der Waals surface area contributed by atoms with Crippen molar-refractivity contribution in [3.63, 3.8) is 0 Å². The highest BCUT2D eigenvalue weighted by molar-refractivity contribution is 5.19. The van der Waals surface area contributed by atoms with Crippen LogP contribution in [0.15, 0.2) is 24.3 Å². The van der Waals surface area contributed by atoms with Crippen molar-refractivity contribution >= 4 is 0 Å². The molecule has 0 aliphatic carbocycles. The fourth-order valence-corrected chi connectivity index (χ4v) is 2.52. The van der Waals surface area contributed by atoms with E-state index >= 15 is 0 Å². The molecule has 1 fully saturated rings. The highest BCUT2D eigenvalue weighted by Crippen LogP contribution is 2.16. The second-order valence-electron chi connectivity index (χ2n) is 5.26. The van der Waals surface area contributed by atoms with Gasteiger partial charge in [0.1, 0.15) is 5.82 Å². The SMILES string of the molecule is CC1CN(C)CCN1CC(N)c1ccc(F)cc1. The molecule has 1 heterocycles. The fraction of sp³-hybridized carbons (Fsp3) is 0.571. The first-order valence-electron chi connectivity index (χ1n) is 6.50. The maximum absolute atomic E-state index is 12.9. The van der Waals surface area contributed by atoms with Gasteiger partial charge in [0.2, 0.25) is 0 Å². The second-order valence-corrected chi connectivity index (χ2v) is 5.26. The Hall–Kier alpha value is -0.970. The Morgan fingerprint density at radius 1 is 1.33 bits per heavy atom. The minimum Gasteiger partial charge on any atom is -0.323 e. The molecule has 2 atom stereocenters. The van der Waals surface area contributed by atoms with Crippen LogP contribution in [0.3, 0.4) is 0 Å². The molecule has 0 aromatic heterocycles. The lowest BCUT2D eigenvalue weighted by molar-refractivity contribution is 0.0945. The van der Waals surface area contributed by atoms with Crippen molar-refractivity contribution in [2.75, 3.05) is 33.2 Å². The first-order chi connectivity index (χ1) is 8.56. The van der Waals surface area contributed by atoms with Crippen molar-refractivity contribution in [1.82, 2.24) is 9.80 Å². The summed E-state index contributed by atoms with van der Waals surface area (Å²) in [5.41, 5.74) is 7.20. The lowest BCUT2D eigenvalue weighted by atomic mass is 10.1. The van der Waals surface area contributed by atoms with Crippen LogP contribution in [0.25, 0.3) is 0 Å². The van der Waals surface area contributed by atoms with Crippen molar-refractivity contribution in [1.29, 1.82) is 0 Å². The first-order valence-corrected chi connectivity index (χ1v) is 6.50. The van der Waals surface area contributed by atoms with Crippen LogP contribution in [0.2, 0.25) is 0 Å². The van der Waals surface area contributed by atoms with Gasteiger partial charge >= 0.3 is 0 Å². The summed E-state index contributed by atoms with van der Waals surface area (Å²) in [7, 11) is 2.15.